The van der Waals surface area contributed by atoms with Gasteiger partial charge in [0, 0.05) is 49.4 Å². The molecular weight excluding hydrogens is 301 g/mol. The van der Waals surface area contributed by atoms with Crippen molar-refractivity contribution in [1.82, 2.24) is 9.88 Å². The smallest absolute Gasteiger partial charge is 0.246 e. The highest BCUT2D eigenvalue weighted by atomic mass is 32.1. The molecule has 1 aliphatic heterocycles. The van der Waals surface area contributed by atoms with Gasteiger partial charge < -0.3 is 9.80 Å². The van der Waals surface area contributed by atoms with Gasteiger partial charge in [-0.05, 0) is 12.1 Å². The van der Waals surface area contributed by atoms with Gasteiger partial charge in [0.05, 0.1) is 0 Å². The molecule has 1 aliphatic rings. The first-order valence-electron chi connectivity index (χ1n) is 7.10. The Morgan fingerprint density at radius 2 is 2.00 bits per heavy atom. The maximum Gasteiger partial charge on any atom is 0.246 e. The topological polar surface area (TPSA) is 36.4 Å². The molecule has 6 heteroatoms. The van der Waals surface area contributed by atoms with Crippen LogP contribution in [0, 0.1) is 5.82 Å². The van der Waals surface area contributed by atoms with Crippen molar-refractivity contribution in [2.45, 2.75) is 0 Å². The van der Waals surface area contributed by atoms with Crippen molar-refractivity contribution in [3.8, 4) is 0 Å². The molecule has 0 saturated carbocycles. The molecule has 114 valence electrons. The molecule has 0 unspecified atom stereocenters. The zero-order valence-corrected chi connectivity index (χ0v) is 12.8. The molecule has 1 fully saturated rings. The van der Waals surface area contributed by atoms with Crippen LogP contribution in [0.3, 0.4) is 0 Å². The number of amides is 1. The van der Waals surface area contributed by atoms with E-state index in [0.717, 1.165) is 18.2 Å². The van der Waals surface area contributed by atoms with E-state index < -0.39 is 0 Å². The van der Waals surface area contributed by atoms with Crippen LogP contribution in [0.5, 0.6) is 0 Å². The molecule has 1 saturated heterocycles. The third kappa shape index (κ3) is 3.33. The summed E-state index contributed by atoms with van der Waals surface area (Å²) < 4.78 is 13.5. The Kier molecular flexibility index (Phi) is 4.48. The molecule has 22 heavy (non-hydrogen) atoms. The molecule has 4 nitrogen and oxygen atoms in total. The molecule has 0 aliphatic carbocycles. The molecule has 0 radical (unpaired) electrons. The van der Waals surface area contributed by atoms with Crippen molar-refractivity contribution in [1.29, 1.82) is 0 Å². The zero-order valence-electron chi connectivity index (χ0n) is 12.0. The number of benzene rings is 1. The van der Waals surface area contributed by atoms with Crippen LogP contribution in [0.25, 0.3) is 6.08 Å². The van der Waals surface area contributed by atoms with E-state index in [1.165, 1.54) is 18.2 Å². The first-order valence-corrected chi connectivity index (χ1v) is 7.98. The highest BCUT2D eigenvalue weighted by molar-refractivity contribution is 7.13. The number of aromatic nitrogens is 1. The van der Waals surface area contributed by atoms with Gasteiger partial charge in [-0.3, -0.25) is 4.79 Å². The highest BCUT2D eigenvalue weighted by Gasteiger charge is 2.20. The number of halogens is 1. The first-order chi connectivity index (χ1) is 10.7. The summed E-state index contributed by atoms with van der Waals surface area (Å²) in [6, 6.07) is 6.42. The minimum absolute atomic E-state index is 0.0814. The lowest BCUT2D eigenvalue weighted by Crippen LogP contribution is -2.48. The van der Waals surface area contributed by atoms with Crippen LogP contribution >= 0.6 is 11.3 Å². The molecule has 1 aromatic carbocycles. The molecule has 0 atom stereocenters. The minimum Gasteiger partial charge on any atom is -0.345 e. The van der Waals surface area contributed by atoms with Gasteiger partial charge in [-0.15, -0.1) is 11.3 Å². The second kappa shape index (κ2) is 6.70. The summed E-state index contributed by atoms with van der Waals surface area (Å²) >= 11 is 1.60. The van der Waals surface area contributed by atoms with Crippen molar-refractivity contribution in [2.75, 3.05) is 31.1 Å². The van der Waals surface area contributed by atoms with E-state index in [4.69, 9.17) is 0 Å². The summed E-state index contributed by atoms with van der Waals surface area (Å²) in [7, 11) is 0. The Bertz CT molecular complexity index is 664. The number of carbonyl (C=O) groups excluding carboxylic acids is 1. The molecule has 1 amide bonds. The third-order valence-corrected chi connectivity index (χ3v) is 4.42. The Morgan fingerprint density at radius 3 is 2.68 bits per heavy atom. The van der Waals surface area contributed by atoms with Crippen molar-refractivity contribution < 1.29 is 9.18 Å². The maximum atomic E-state index is 13.5. The molecule has 1 aromatic heterocycles. The molecule has 0 N–H and O–H groups in total. The summed E-state index contributed by atoms with van der Waals surface area (Å²) in [4.78, 5) is 20.4. The van der Waals surface area contributed by atoms with Gasteiger partial charge in [-0.25, -0.2) is 9.37 Å². The summed E-state index contributed by atoms with van der Waals surface area (Å²) in [6.45, 7) is 2.85. The Balaban J connectivity index is 1.57. The summed E-state index contributed by atoms with van der Waals surface area (Å²) in [5.41, 5.74) is 0.428. The molecule has 2 aromatic rings. The van der Waals surface area contributed by atoms with Gasteiger partial charge in [-0.2, -0.15) is 0 Å². The van der Waals surface area contributed by atoms with Gasteiger partial charge in [0.2, 0.25) is 5.91 Å². The number of rotatable bonds is 3. The number of anilines is 1. The molecular formula is C16H16FN3OS. The van der Waals surface area contributed by atoms with E-state index in [9.17, 15) is 9.18 Å². The summed E-state index contributed by atoms with van der Waals surface area (Å²) in [5, 5.41) is 2.94. The largest absolute Gasteiger partial charge is 0.345 e. The van der Waals surface area contributed by atoms with Gasteiger partial charge in [0.25, 0.3) is 0 Å². The van der Waals surface area contributed by atoms with Crippen LogP contribution in [0.15, 0.2) is 41.9 Å². The predicted molar refractivity (Wildman–Crippen MR) is 86.3 cm³/mol. The lowest BCUT2D eigenvalue weighted by Gasteiger charge is -2.34. The Hall–Kier alpha value is -2.21. The fourth-order valence-electron chi connectivity index (χ4n) is 2.37. The second-order valence-corrected chi connectivity index (χ2v) is 5.85. The first kappa shape index (κ1) is 14.7. The molecule has 3 rings (SSSR count). The standard InChI is InChI=1S/C16H16FN3OS/c17-14-4-2-1-3-13(14)5-6-15(21)19-8-10-20(11-9-19)16-18-7-12-22-16/h1-7,12H,8-11H2/b6-5+. The van der Waals surface area contributed by atoms with E-state index in [1.54, 1.807) is 40.6 Å². The molecule has 0 bridgehead atoms. The number of hydrogen-bond acceptors (Lipinski definition) is 4. The van der Waals surface area contributed by atoms with E-state index in [1.807, 2.05) is 5.38 Å². The third-order valence-electron chi connectivity index (χ3n) is 3.59. The van der Waals surface area contributed by atoms with Gasteiger partial charge >= 0.3 is 0 Å². The lowest BCUT2D eigenvalue weighted by atomic mass is 10.2. The van der Waals surface area contributed by atoms with Crippen LogP contribution in [0.4, 0.5) is 9.52 Å². The van der Waals surface area contributed by atoms with Crippen LogP contribution in [0.2, 0.25) is 0 Å². The number of hydrogen-bond donors (Lipinski definition) is 0. The van der Waals surface area contributed by atoms with E-state index in [2.05, 4.69) is 9.88 Å². The van der Waals surface area contributed by atoms with Crippen LogP contribution in [-0.2, 0) is 4.79 Å². The second-order valence-electron chi connectivity index (χ2n) is 4.98. The lowest BCUT2D eigenvalue weighted by molar-refractivity contribution is -0.126. The molecule has 0 spiro atoms. The van der Waals surface area contributed by atoms with Crippen LogP contribution in [-0.4, -0.2) is 42.0 Å². The highest BCUT2D eigenvalue weighted by Crippen LogP contribution is 2.19. The fraction of sp³-hybridized carbons (Fsp3) is 0.250. The maximum absolute atomic E-state index is 13.5. The average Bonchev–Trinajstić information content (AvgIpc) is 3.08. The number of carbonyl (C=O) groups is 1. The molecule has 2 heterocycles. The SMILES string of the molecule is O=C(/C=C/c1ccccc1F)N1CCN(c2nccs2)CC1. The minimum atomic E-state index is -0.319. The average molecular weight is 317 g/mol. The normalized spacial score (nSPS) is 15.5. The Labute approximate surface area is 132 Å². The van der Waals surface area contributed by atoms with Gasteiger partial charge in [0.15, 0.2) is 5.13 Å². The van der Waals surface area contributed by atoms with Gasteiger partial charge in [-0.1, -0.05) is 18.2 Å². The van der Waals surface area contributed by atoms with E-state index >= 15 is 0 Å². The van der Waals surface area contributed by atoms with E-state index in [-0.39, 0.29) is 11.7 Å². The Morgan fingerprint density at radius 1 is 1.23 bits per heavy atom. The van der Waals surface area contributed by atoms with Crippen molar-refractivity contribution in [3.05, 3.63) is 53.3 Å². The number of thiazole rings is 1. The quantitative estimate of drug-likeness (QED) is 0.817. The number of nitrogens with zero attached hydrogens (tertiary/aromatic N) is 3. The summed E-state index contributed by atoms with van der Waals surface area (Å²) in [5.74, 6) is -0.401. The predicted octanol–water partition coefficient (Wildman–Crippen LogP) is 2.64. The van der Waals surface area contributed by atoms with Gasteiger partial charge in [0.1, 0.15) is 5.82 Å². The monoisotopic (exact) mass is 317 g/mol. The van der Waals surface area contributed by atoms with Crippen LogP contribution < -0.4 is 4.90 Å². The summed E-state index contributed by atoms with van der Waals surface area (Å²) in [6.07, 6.45) is 4.76. The van der Waals surface area contributed by atoms with Crippen molar-refractivity contribution in [2.24, 2.45) is 0 Å². The van der Waals surface area contributed by atoms with Crippen molar-refractivity contribution >= 4 is 28.5 Å². The fourth-order valence-corrected chi connectivity index (χ4v) is 3.06. The van der Waals surface area contributed by atoms with Crippen molar-refractivity contribution in [3.63, 3.8) is 0 Å². The van der Waals surface area contributed by atoms with Crippen LogP contribution in [0.1, 0.15) is 5.56 Å². The van der Waals surface area contributed by atoms with E-state index in [0.29, 0.717) is 18.7 Å². The zero-order chi connectivity index (χ0) is 15.4. The number of piperazine rings is 1.